The largest absolute Gasteiger partial charge is 0.438 e. The summed E-state index contributed by atoms with van der Waals surface area (Å²) < 4.78 is 6.81. The van der Waals surface area contributed by atoms with E-state index >= 15 is 0 Å². The lowest BCUT2D eigenvalue weighted by atomic mass is 10.1. The Balaban J connectivity index is 1.41. The number of hydrogen-bond donors (Lipinski definition) is 0. The predicted octanol–water partition coefficient (Wildman–Crippen LogP) is 4.80. The second kappa shape index (κ2) is 9.96. The molecule has 32 heavy (non-hydrogen) atoms. The molecule has 0 saturated carbocycles. The van der Waals surface area contributed by atoms with E-state index in [9.17, 15) is 9.59 Å². The zero-order valence-corrected chi connectivity index (χ0v) is 19.4. The lowest BCUT2D eigenvalue weighted by molar-refractivity contribution is 0.0533. The molecule has 0 unspecified atom stereocenters. The molecule has 7 heteroatoms. The summed E-state index contributed by atoms with van der Waals surface area (Å²) in [5.74, 6) is 0.727. The Hall–Kier alpha value is -3.19. The summed E-state index contributed by atoms with van der Waals surface area (Å²) in [5, 5.41) is 0. The number of hydrogen-bond acceptors (Lipinski definition) is 4. The molecule has 0 aliphatic carbocycles. The number of benzene rings is 2. The van der Waals surface area contributed by atoms with Crippen LogP contribution in [0.15, 0.2) is 71.3 Å². The van der Waals surface area contributed by atoms with Crippen LogP contribution in [0, 0.1) is 0 Å². The van der Waals surface area contributed by atoms with Crippen molar-refractivity contribution in [2.45, 2.75) is 13.3 Å². The summed E-state index contributed by atoms with van der Waals surface area (Å²) in [7, 11) is 0. The third kappa shape index (κ3) is 4.99. The van der Waals surface area contributed by atoms with Crippen LogP contribution in [0.4, 0.5) is 0 Å². The maximum absolute atomic E-state index is 13.2. The van der Waals surface area contributed by atoms with Crippen LogP contribution in [-0.4, -0.2) is 52.8 Å². The van der Waals surface area contributed by atoms with E-state index in [0.717, 1.165) is 10.9 Å². The highest BCUT2D eigenvalue weighted by Crippen LogP contribution is 2.26. The quantitative estimate of drug-likeness (QED) is 0.512. The van der Waals surface area contributed by atoms with Crippen molar-refractivity contribution < 1.29 is 14.3 Å². The van der Waals surface area contributed by atoms with Gasteiger partial charge in [0.05, 0.1) is 0 Å². The fraction of sp³-hybridized carbons (Fsp3) is 0.240. The van der Waals surface area contributed by atoms with Gasteiger partial charge in [0.25, 0.3) is 11.8 Å². The average molecular weight is 494 g/mol. The SMILES string of the molecule is CCc1ccc(C(=O)N2CCN(C(=O)c3cccnc3Oc3ccc(Br)cc3)CC2)cc1. The van der Waals surface area contributed by atoms with Gasteiger partial charge in [-0.15, -0.1) is 0 Å². The van der Waals surface area contributed by atoms with Gasteiger partial charge in [0.2, 0.25) is 5.88 Å². The van der Waals surface area contributed by atoms with Gasteiger partial charge in [0.15, 0.2) is 0 Å². The van der Waals surface area contributed by atoms with E-state index in [2.05, 4.69) is 27.8 Å². The molecule has 1 saturated heterocycles. The van der Waals surface area contributed by atoms with Crippen LogP contribution in [0.2, 0.25) is 0 Å². The van der Waals surface area contributed by atoms with Gasteiger partial charge in [-0.25, -0.2) is 4.98 Å². The van der Waals surface area contributed by atoms with E-state index in [1.54, 1.807) is 28.1 Å². The van der Waals surface area contributed by atoms with Crippen LogP contribution in [0.5, 0.6) is 11.6 Å². The third-order valence-electron chi connectivity index (χ3n) is 5.49. The van der Waals surface area contributed by atoms with E-state index in [0.29, 0.717) is 43.1 Å². The van der Waals surface area contributed by atoms with Gasteiger partial charge in [-0.2, -0.15) is 0 Å². The van der Waals surface area contributed by atoms with Gasteiger partial charge >= 0.3 is 0 Å². The summed E-state index contributed by atoms with van der Waals surface area (Å²) in [4.78, 5) is 33.8. The Bertz CT molecular complexity index is 1090. The average Bonchev–Trinajstić information content (AvgIpc) is 2.85. The normalized spacial score (nSPS) is 13.7. The fourth-order valence-electron chi connectivity index (χ4n) is 3.60. The molecule has 2 aromatic carbocycles. The summed E-state index contributed by atoms with van der Waals surface area (Å²) in [6.45, 7) is 3.99. The zero-order chi connectivity index (χ0) is 22.5. The van der Waals surface area contributed by atoms with Crippen molar-refractivity contribution in [3.05, 3.63) is 88.0 Å². The number of halogens is 1. The van der Waals surface area contributed by atoms with Gasteiger partial charge in [-0.1, -0.05) is 35.0 Å². The van der Waals surface area contributed by atoms with Crippen molar-refractivity contribution in [2.75, 3.05) is 26.2 Å². The van der Waals surface area contributed by atoms with Gasteiger partial charge < -0.3 is 14.5 Å². The van der Waals surface area contributed by atoms with Crippen molar-refractivity contribution in [1.82, 2.24) is 14.8 Å². The Kier molecular flexibility index (Phi) is 6.85. The highest BCUT2D eigenvalue weighted by atomic mass is 79.9. The van der Waals surface area contributed by atoms with Crippen molar-refractivity contribution >= 4 is 27.7 Å². The van der Waals surface area contributed by atoms with Crippen LogP contribution in [-0.2, 0) is 6.42 Å². The van der Waals surface area contributed by atoms with Gasteiger partial charge in [0.1, 0.15) is 11.3 Å². The smallest absolute Gasteiger partial charge is 0.259 e. The van der Waals surface area contributed by atoms with Crippen LogP contribution >= 0.6 is 15.9 Å². The molecule has 164 valence electrons. The molecule has 1 aliphatic heterocycles. The molecule has 3 aromatic rings. The molecule has 6 nitrogen and oxygen atoms in total. The van der Waals surface area contributed by atoms with Crippen LogP contribution < -0.4 is 4.74 Å². The first kappa shape index (κ1) is 22.0. The number of pyridine rings is 1. The van der Waals surface area contributed by atoms with Crippen molar-refractivity contribution in [3.8, 4) is 11.6 Å². The monoisotopic (exact) mass is 493 g/mol. The maximum atomic E-state index is 13.2. The van der Waals surface area contributed by atoms with E-state index < -0.39 is 0 Å². The standard InChI is InChI=1S/C25H24BrN3O3/c1-2-18-5-7-19(8-6-18)24(30)28-14-16-29(17-15-28)25(31)22-4-3-13-27-23(22)32-21-11-9-20(26)10-12-21/h3-13H,2,14-17H2,1H3. The molecule has 0 N–H and O–H groups in total. The number of nitrogens with zero attached hydrogens (tertiary/aromatic N) is 3. The number of piperazine rings is 1. The van der Waals surface area contributed by atoms with Crippen LogP contribution in [0.25, 0.3) is 0 Å². The summed E-state index contributed by atoms with van der Waals surface area (Å²) in [6, 6.07) is 18.5. The van der Waals surface area contributed by atoms with Gasteiger partial charge in [-0.3, -0.25) is 9.59 Å². The predicted molar refractivity (Wildman–Crippen MR) is 126 cm³/mol. The molecule has 2 amide bonds. The molecule has 1 fully saturated rings. The number of ether oxygens (including phenoxy) is 1. The minimum absolute atomic E-state index is 0.000362. The number of carbonyl (C=O) groups excluding carboxylic acids is 2. The highest BCUT2D eigenvalue weighted by Gasteiger charge is 2.27. The Labute approximate surface area is 196 Å². The molecule has 0 atom stereocenters. The Morgan fingerprint density at radius 2 is 1.53 bits per heavy atom. The molecule has 4 rings (SSSR count). The Morgan fingerprint density at radius 1 is 0.906 bits per heavy atom. The summed E-state index contributed by atoms with van der Waals surface area (Å²) in [5.41, 5.74) is 2.29. The number of amides is 2. The van der Waals surface area contributed by atoms with E-state index in [4.69, 9.17) is 4.74 Å². The molecule has 1 aliphatic rings. The third-order valence-corrected chi connectivity index (χ3v) is 6.02. The highest BCUT2D eigenvalue weighted by molar-refractivity contribution is 9.10. The number of rotatable bonds is 5. The number of aryl methyl sites for hydroxylation is 1. The molecule has 1 aromatic heterocycles. The van der Waals surface area contributed by atoms with Crippen molar-refractivity contribution in [2.24, 2.45) is 0 Å². The lowest BCUT2D eigenvalue weighted by Gasteiger charge is -2.35. The fourth-order valence-corrected chi connectivity index (χ4v) is 3.86. The summed E-state index contributed by atoms with van der Waals surface area (Å²) in [6.07, 6.45) is 2.54. The summed E-state index contributed by atoms with van der Waals surface area (Å²) >= 11 is 3.40. The Morgan fingerprint density at radius 3 is 2.16 bits per heavy atom. The molecular weight excluding hydrogens is 470 g/mol. The van der Waals surface area contributed by atoms with E-state index in [1.165, 1.54) is 5.56 Å². The lowest BCUT2D eigenvalue weighted by Crippen LogP contribution is -2.50. The number of carbonyl (C=O) groups is 2. The second-order valence-corrected chi connectivity index (χ2v) is 8.46. The molecule has 0 spiro atoms. The number of aromatic nitrogens is 1. The van der Waals surface area contributed by atoms with Crippen LogP contribution in [0.1, 0.15) is 33.2 Å². The maximum Gasteiger partial charge on any atom is 0.259 e. The minimum atomic E-state index is -0.149. The molecule has 0 bridgehead atoms. The van der Waals surface area contributed by atoms with Gasteiger partial charge in [-0.05, 0) is 60.5 Å². The van der Waals surface area contributed by atoms with E-state index in [-0.39, 0.29) is 17.7 Å². The van der Waals surface area contributed by atoms with Gasteiger partial charge in [0, 0.05) is 42.4 Å². The molecular formula is C25H24BrN3O3. The second-order valence-electron chi connectivity index (χ2n) is 7.55. The van der Waals surface area contributed by atoms with Crippen molar-refractivity contribution in [1.29, 1.82) is 0 Å². The first-order valence-electron chi connectivity index (χ1n) is 10.6. The van der Waals surface area contributed by atoms with Crippen molar-refractivity contribution in [3.63, 3.8) is 0 Å². The first-order chi connectivity index (χ1) is 15.5. The topological polar surface area (TPSA) is 62.7 Å². The first-order valence-corrected chi connectivity index (χ1v) is 11.4. The molecule has 2 heterocycles. The zero-order valence-electron chi connectivity index (χ0n) is 17.8. The molecule has 0 radical (unpaired) electrons. The van der Waals surface area contributed by atoms with Crippen LogP contribution in [0.3, 0.4) is 0 Å². The van der Waals surface area contributed by atoms with E-state index in [1.807, 2.05) is 48.5 Å². The minimum Gasteiger partial charge on any atom is -0.438 e.